The molecule has 0 bridgehead atoms. The third kappa shape index (κ3) is 6.22. The van der Waals surface area contributed by atoms with Gasteiger partial charge in [-0.2, -0.15) is 0 Å². The molecule has 6 nitrogen and oxygen atoms in total. The molecule has 0 spiro atoms. The second-order valence-corrected chi connectivity index (χ2v) is 13.3. The van der Waals surface area contributed by atoms with E-state index < -0.39 is 0 Å². The SMILES string of the molecule is c1ccc(-c2ccc(-c3cc(-c4cccc5c4oc4cc(-c6nc(-c7ccccc7)nc(-c7ccccc7)n6)ccc45)nc(-c4ccccc4)n3)cc2)cc1. The summed E-state index contributed by atoms with van der Waals surface area (Å²) in [7, 11) is 0. The van der Waals surface area contributed by atoms with Gasteiger partial charge in [0, 0.05) is 44.2 Å². The van der Waals surface area contributed by atoms with Crippen molar-refractivity contribution in [3.05, 3.63) is 188 Å². The predicted octanol–water partition coefficient (Wildman–Crippen LogP) is 12.2. The molecule has 0 radical (unpaired) electrons. The van der Waals surface area contributed by atoms with E-state index in [1.54, 1.807) is 0 Å². The molecule has 10 aromatic rings. The zero-order chi connectivity index (χ0) is 36.6. The van der Waals surface area contributed by atoms with Gasteiger partial charge in [0.25, 0.3) is 0 Å². The van der Waals surface area contributed by atoms with Crippen LogP contribution in [0.2, 0.25) is 0 Å². The van der Waals surface area contributed by atoms with Crippen LogP contribution in [0.1, 0.15) is 0 Å². The number of benzene rings is 7. The van der Waals surface area contributed by atoms with Gasteiger partial charge in [-0.25, -0.2) is 24.9 Å². The van der Waals surface area contributed by atoms with Crippen molar-refractivity contribution in [2.75, 3.05) is 0 Å². The van der Waals surface area contributed by atoms with Crippen LogP contribution in [0, 0.1) is 0 Å². The molecule has 55 heavy (non-hydrogen) atoms. The largest absolute Gasteiger partial charge is 0.455 e. The van der Waals surface area contributed by atoms with Crippen molar-refractivity contribution in [2.24, 2.45) is 0 Å². The van der Waals surface area contributed by atoms with Crippen molar-refractivity contribution in [3.8, 4) is 79.2 Å². The van der Waals surface area contributed by atoms with E-state index in [-0.39, 0.29) is 0 Å². The molecule has 6 heteroatoms. The number of hydrogen-bond donors (Lipinski definition) is 0. The Bertz CT molecular complexity index is 2890. The molecular formula is C49H31N5O. The summed E-state index contributed by atoms with van der Waals surface area (Å²) in [6.45, 7) is 0. The number of rotatable bonds is 7. The molecular weight excluding hydrogens is 675 g/mol. The minimum Gasteiger partial charge on any atom is -0.455 e. The van der Waals surface area contributed by atoms with Gasteiger partial charge < -0.3 is 4.42 Å². The number of nitrogens with zero attached hydrogens (tertiary/aromatic N) is 5. The van der Waals surface area contributed by atoms with Crippen LogP contribution in [0.5, 0.6) is 0 Å². The van der Waals surface area contributed by atoms with Gasteiger partial charge in [-0.1, -0.05) is 164 Å². The van der Waals surface area contributed by atoms with Crippen molar-refractivity contribution < 1.29 is 4.42 Å². The number of para-hydroxylation sites is 1. The van der Waals surface area contributed by atoms with Crippen LogP contribution in [0.3, 0.4) is 0 Å². The monoisotopic (exact) mass is 705 g/mol. The first-order valence-electron chi connectivity index (χ1n) is 18.2. The molecule has 0 aliphatic carbocycles. The van der Waals surface area contributed by atoms with Gasteiger partial charge in [0.05, 0.1) is 11.4 Å². The van der Waals surface area contributed by atoms with Crippen molar-refractivity contribution >= 4 is 21.9 Å². The molecule has 0 atom stereocenters. The summed E-state index contributed by atoms with van der Waals surface area (Å²) in [4.78, 5) is 24.9. The number of furan rings is 1. The molecule has 7 aromatic carbocycles. The van der Waals surface area contributed by atoms with Crippen molar-refractivity contribution in [1.82, 2.24) is 24.9 Å². The first-order chi connectivity index (χ1) is 27.2. The first kappa shape index (κ1) is 32.1. The summed E-state index contributed by atoms with van der Waals surface area (Å²) in [5.74, 6) is 2.44. The summed E-state index contributed by atoms with van der Waals surface area (Å²) in [5, 5.41) is 1.99. The fourth-order valence-electron chi connectivity index (χ4n) is 6.99. The molecule has 0 aliphatic heterocycles. The number of fused-ring (bicyclic) bond motifs is 3. The Labute approximate surface area is 317 Å². The van der Waals surface area contributed by atoms with Gasteiger partial charge in [0.2, 0.25) is 0 Å². The fraction of sp³-hybridized carbons (Fsp3) is 0. The molecule has 0 aliphatic rings. The van der Waals surface area contributed by atoms with Gasteiger partial charge in [0.15, 0.2) is 23.3 Å². The average molecular weight is 706 g/mol. The lowest BCUT2D eigenvalue weighted by atomic mass is 10.0. The zero-order valence-corrected chi connectivity index (χ0v) is 29.5. The van der Waals surface area contributed by atoms with E-state index in [9.17, 15) is 0 Å². The van der Waals surface area contributed by atoms with Gasteiger partial charge in [0.1, 0.15) is 11.2 Å². The average Bonchev–Trinajstić information content (AvgIpc) is 3.66. The van der Waals surface area contributed by atoms with E-state index in [4.69, 9.17) is 29.3 Å². The molecule has 0 saturated carbocycles. The summed E-state index contributed by atoms with van der Waals surface area (Å²) < 4.78 is 6.75. The van der Waals surface area contributed by atoms with Crippen LogP contribution < -0.4 is 0 Å². The Hall–Kier alpha value is -7.57. The van der Waals surface area contributed by atoms with Crippen LogP contribution in [-0.4, -0.2) is 24.9 Å². The minimum absolute atomic E-state index is 0.571. The zero-order valence-electron chi connectivity index (χ0n) is 29.5. The Morgan fingerprint density at radius 2 is 0.745 bits per heavy atom. The summed E-state index contributed by atoms with van der Waals surface area (Å²) >= 11 is 0. The summed E-state index contributed by atoms with van der Waals surface area (Å²) in [5.41, 5.74) is 10.9. The third-order valence-electron chi connectivity index (χ3n) is 9.78. The van der Waals surface area contributed by atoms with Gasteiger partial charge in [-0.15, -0.1) is 0 Å². The highest BCUT2D eigenvalue weighted by Crippen LogP contribution is 2.38. The van der Waals surface area contributed by atoms with Crippen LogP contribution in [0.4, 0.5) is 0 Å². The van der Waals surface area contributed by atoms with E-state index in [2.05, 4.69) is 84.9 Å². The molecule has 0 fully saturated rings. The molecule has 0 N–H and O–H groups in total. The van der Waals surface area contributed by atoms with Crippen LogP contribution in [-0.2, 0) is 0 Å². The van der Waals surface area contributed by atoms with Crippen molar-refractivity contribution in [2.45, 2.75) is 0 Å². The second kappa shape index (κ2) is 13.8. The maximum atomic E-state index is 6.75. The molecule has 0 amide bonds. The lowest BCUT2D eigenvalue weighted by molar-refractivity contribution is 0.670. The first-order valence-corrected chi connectivity index (χ1v) is 18.2. The van der Waals surface area contributed by atoms with Gasteiger partial charge in [-0.3, -0.25) is 0 Å². The summed E-state index contributed by atoms with van der Waals surface area (Å²) in [6, 6.07) is 63.5. The normalized spacial score (nSPS) is 11.3. The topological polar surface area (TPSA) is 77.6 Å². The van der Waals surface area contributed by atoms with Crippen LogP contribution in [0.15, 0.2) is 192 Å². The minimum atomic E-state index is 0.571. The van der Waals surface area contributed by atoms with Crippen LogP contribution >= 0.6 is 0 Å². The highest BCUT2D eigenvalue weighted by Gasteiger charge is 2.18. The highest BCUT2D eigenvalue weighted by molar-refractivity contribution is 6.10. The number of hydrogen-bond acceptors (Lipinski definition) is 6. The van der Waals surface area contributed by atoms with E-state index in [1.165, 1.54) is 5.56 Å². The lowest BCUT2D eigenvalue weighted by Crippen LogP contribution is -2.00. The third-order valence-corrected chi connectivity index (χ3v) is 9.78. The highest BCUT2D eigenvalue weighted by atomic mass is 16.3. The number of aromatic nitrogens is 5. The molecule has 3 aromatic heterocycles. The molecule has 258 valence electrons. The van der Waals surface area contributed by atoms with Gasteiger partial charge in [-0.05, 0) is 35.4 Å². The van der Waals surface area contributed by atoms with Crippen LogP contribution in [0.25, 0.3) is 101 Å². The molecule has 0 unspecified atom stereocenters. The second-order valence-electron chi connectivity index (χ2n) is 13.3. The van der Waals surface area contributed by atoms with E-state index >= 15 is 0 Å². The van der Waals surface area contributed by atoms with Crippen molar-refractivity contribution in [1.29, 1.82) is 0 Å². The maximum absolute atomic E-state index is 6.75. The predicted molar refractivity (Wildman–Crippen MR) is 221 cm³/mol. The van der Waals surface area contributed by atoms with E-state index in [0.29, 0.717) is 23.3 Å². The molecule has 10 rings (SSSR count). The summed E-state index contributed by atoms with van der Waals surface area (Å²) in [6.07, 6.45) is 0. The molecule has 3 heterocycles. The Morgan fingerprint density at radius 3 is 1.33 bits per heavy atom. The Balaban J connectivity index is 1.10. The fourth-order valence-corrected chi connectivity index (χ4v) is 6.99. The van der Waals surface area contributed by atoms with Crippen molar-refractivity contribution in [3.63, 3.8) is 0 Å². The van der Waals surface area contributed by atoms with E-state index in [0.717, 1.165) is 72.3 Å². The maximum Gasteiger partial charge on any atom is 0.164 e. The van der Waals surface area contributed by atoms with E-state index in [1.807, 2.05) is 103 Å². The standard InChI is InChI=1S/C49H31N5O/c1-5-14-32(15-6-1)33-24-26-34(27-25-33)42-31-43(51-46(50-42)35-16-7-2-8-17-35)41-23-13-22-40-39-29-28-38(30-44(39)55-45(40)41)49-53-47(36-18-9-3-10-19-36)52-48(54-49)37-20-11-4-12-21-37/h1-31H. The smallest absolute Gasteiger partial charge is 0.164 e. The molecule has 0 saturated heterocycles. The Kier molecular flexibility index (Phi) is 8.04. The quantitative estimate of drug-likeness (QED) is 0.164. The lowest BCUT2D eigenvalue weighted by Gasteiger charge is -2.10. The Morgan fingerprint density at radius 1 is 0.291 bits per heavy atom. The van der Waals surface area contributed by atoms with Gasteiger partial charge >= 0.3 is 0 Å².